The topological polar surface area (TPSA) is 0 Å². The third-order valence-electron chi connectivity index (χ3n) is 10.7. The second-order valence-corrected chi connectivity index (χ2v) is 16.8. The maximum absolute atomic E-state index is 2.49. The quantitative estimate of drug-likeness (QED) is 0.124. The molecule has 242 valence electrons. The molecule has 0 bridgehead atoms. The monoisotopic (exact) mass is 742 g/mol. The van der Waals surface area contributed by atoms with Gasteiger partial charge in [0.2, 0.25) is 0 Å². The minimum absolute atomic E-state index is 0.225. The van der Waals surface area contributed by atoms with Gasteiger partial charge in [0.1, 0.15) is 0 Å². The Labute approximate surface area is 311 Å². The first-order chi connectivity index (χ1) is 25.8. The molecule has 2 heteroatoms. The molecule has 0 aliphatic carbocycles. The zero-order valence-corrected chi connectivity index (χ0v) is 30.7. The van der Waals surface area contributed by atoms with Crippen molar-refractivity contribution in [1.29, 1.82) is 0 Å². The van der Waals surface area contributed by atoms with Crippen LogP contribution in [0.1, 0.15) is 0 Å². The molecule has 2 aromatic heterocycles. The molecule has 11 rings (SSSR count). The molecular formula is C50H30SSe. The van der Waals surface area contributed by atoms with Gasteiger partial charge in [0.25, 0.3) is 0 Å². The van der Waals surface area contributed by atoms with Crippen LogP contribution in [-0.2, 0) is 0 Å². The Morgan fingerprint density at radius 2 is 0.750 bits per heavy atom. The molecule has 0 amide bonds. The van der Waals surface area contributed by atoms with E-state index in [2.05, 4.69) is 181 Å². The Morgan fingerprint density at radius 1 is 0.288 bits per heavy atom. The summed E-state index contributed by atoms with van der Waals surface area (Å²) >= 11 is 2.04. The third kappa shape index (κ3) is 4.52. The number of thiophene rings is 1. The van der Waals surface area contributed by atoms with E-state index in [9.17, 15) is 0 Å². The number of hydrogen-bond donors (Lipinski definition) is 0. The fourth-order valence-corrected chi connectivity index (χ4v) is 11.7. The summed E-state index contributed by atoms with van der Waals surface area (Å²) in [6.45, 7) is 0. The van der Waals surface area contributed by atoms with Crippen LogP contribution in [-0.4, -0.2) is 14.5 Å². The minimum atomic E-state index is 0.225. The van der Waals surface area contributed by atoms with Crippen molar-refractivity contribution in [2.75, 3.05) is 0 Å². The van der Waals surface area contributed by atoms with Crippen LogP contribution in [0.4, 0.5) is 0 Å². The summed E-state index contributed by atoms with van der Waals surface area (Å²) in [4.78, 5) is 1.32. The van der Waals surface area contributed by atoms with Crippen LogP contribution in [0.25, 0.3) is 106 Å². The van der Waals surface area contributed by atoms with Gasteiger partial charge < -0.3 is 0 Å². The van der Waals surface area contributed by atoms with Crippen molar-refractivity contribution in [3.8, 4) is 43.8 Å². The van der Waals surface area contributed by atoms with Crippen LogP contribution in [0.5, 0.6) is 0 Å². The molecule has 0 N–H and O–H groups in total. The van der Waals surface area contributed by atoms with E-state index in [-0.39, 0.29) is 14.5 Å². The van der Waals surface area contributed by atoms with Crippen LogP contribution in [0.15, 0.2) is 181 Å². The van der Waals surface area contributed by atoms with Gasteiger partial charge >= 0.3 is 313 Å². The van der Waals surface area contributed by atoms with E-state index >= 15 is 0 Å². The first-order valence-corrected chi connectivity index (χ1v) is 20.3. The second-order valence-electron chi connectivity index (χ2n) is 13.5. The SMILES string of the molecule is c1ccc(-c2c3ccccc3c(-c3ccc4[se]c5cc(-c6c7ccccc7c(-c7cccs7)c7ccccc67)ccc5c4c3)c3ccccc23)cc1. The molecule has 2 heterocycles. The predicted molar refractivity (Wildman–Crippen MR) is 228 cm³/mol. The molecule has 0 saturated carbocycles. The van der Waals surface area contributed by atoms with Gasteiger partial charge in [-0.25, -0.2) is 0 Å². The van der Waals surface area contributed by atoms with E-state index in [0.717, 1.165) is 0 Å². The fourth-order valence-electron chi connectivity index (χ4n) is 8.57. The maximum atomic E-state index is 2.49. The number of benzene rings is 9. The van der Waals surface area contributed by atoms with Crippen molar-refractivity contribution in [2.45, 2.75) is 0 Å². The summed E-state index contributed by atoms with van der Waals surface area (Å²) in [7, 11) is 0. The van der Waals surface area contributed by atoms with Crippen molar-refractivity contribution in [2.24, 2.45) is 0 Å². The summed E-state index contributed by atoms with van der Waals surface area (Å²) in [6, 6.07) is 65.6. The molecule has 0 radical (unpaired) electrons. The third-order valence-corrected chi connectivity index (χ3v) is 14.0. The first kappa shape index (κ1) is 29.9. The molecule has 9 aromatic carbocycles. The number of rotatable bonds is 4. The van der Waals surface area contributed by atoms with Gasteiger partial charge in [-0.2, -0.15) is 0 Å². The van der Waals surface area contributed by atoms with E-state index in [1.807, 2.05) is 11.3 Å². The van der Waals surface area contributed by atoms with Crippen molar-refractivity contribution in [3.05, 3.63) is 181 Å². The molecule has 52 heavy (non-hydrogen) atoms. The molecule has 0 nitrogen and oxygen atoms in total. The molecule has 11 aromatic rings. The Balaban J connectivity index is 1.13. The number of fused-ring (bicyclic) bond motifs is 7. The molecule has 0 fully saturated rings. The summed E-state index contributed by atoms with van der Waals surface area (Å²) in [5.74, 6) is 0. The van der Waals surface area contributed by atoms with Gasteiger partial charge in [0.05, 0.1) is 0 Å². The Bertz CT molecular complexity index is 3050. The molecule has 0 unspecified atom stereocenters. The average molecular weight is 742 g/mol. The van der Waals surface area contributed by atoms with Crippen LogP contribution < -0.4 is 0 Å². The molecular weight excluding hydrogens is 712 g/mol. The van der Waals surface area contributed by atoms with Gasteiger partial charge in [0, 0.05) is 0 Å². The number of hydrogen-bond acceptors (Lipinski definition) is 1. The average Bonchev–Trinajstić information content (AvgIpc) is 3.87. The first-order valence-electron chi connectivity index (χ1n) is 17.7. The zero-order valence-electron chi connectivity index (χ0n) is 28.1. The molecule has 0 aliphatic heterocycles. The molecule has 0 aliphatic rings. The van der Waals surface area contributed by atoms with Crippen LogP contribution in [0, 0.1) is 0 Å². The molecule has 0 saturated heterocycles. The zero-order chi connectivity index (χ0) is 34.2. The van der Waals surface area contributed by atoms with Gasteiger partial charge in [-0.3, -0.25) is 0 Å². The van der Waals surface area contributed by atoms with Crippen LogP contribution >= 0.6 is 11.3 Å². The second kappa shape index (κ2) is 11.9. The fraction of sp³-hybridized carbons (Fsp3) is 0. The Kier molecular flexibility index (Phi) is 6.85. The van der Waals surface area contributed by atoms with Crippen molar-refractivity contribution < 1.29 is 0 Å². The van der Waals surface area contributed by atoms with Crippen LogP contribution in [0.3, 0.4) is 0 Å². The van der Waals surface area contributed by atoms with Gasteiger partial charge in [-0.05, 0) is 0 Å². The van der Waals surface area contributed by atoms with Gasteiger partial charge in [-0.1, -0.05) is 0 Å². The Hall–Kier alpha value is -5.76. The van der Waals surface area contributed by atoms with Gasteiger partial charge in [-0.15, -0.1) is 0 Å². The molecule has 0 atom stereocenters. The van der Waals surface area contributed by atoms with Crippen molar-refractivity contribution in [1.82, 2.24) is 0 Å². The predicted octanol–water partition coefficient (Wildman–Crippen LogP) is 14.4. The van der Waals surface area contributed by atoms with E-state index in [0.29, 0.717) is 0 Å². The van der Waals surface area contributed by atoms with E-state index in [1.165, 1.54) is 106 Å². The summed E-state index contributed by atoms with van der Waals surface area (Å²) < 4.78 is 2.92. The van der Waals surface area contributed by atoms with E-state index < -0.39 is 0 Å². The molecule has 0 spiro atoms. The summed E-state index contributed by atoms with van der Waals surface area (Å²) in [5, 5.41) is 15.4. The van der Waals surface area contributed by atoms with Crippen molar-refractivity contribution >= 4 is 88.2 Å². The summed E-state index contributed by atoms with van der Waals surface area (Å²) in [6.07, 6.45) is 0. The van der Waals surface area contributed by atoms with Crippen molar-refractivity contribution in [3.63, 3.8) is 0 Å². The van der Waals surface area contributed by atoms with Crippen LogP contribution in [0.2, 0.25) is 0 Å². The Morgan fingerprint density at radius 3 is 1.27 bits per heavy atom. The van der Waals surface area contributed by atoms with E-state index in [1.54, 1.807) is 0 Å². The standard InChI is InChI=1S/C50H30SSe/c1-2-13-31(14-3-1)47-35-15-4-6-17-37(35)48(38-18-7-5-16-36(38)47)32-25-27-45-43(29-32)34-26-24-33(30-46(34)52-45)49-39-19-8-10-21-41(39)50(44-23-12-28-51-44)42-22-11-9-20-40(42)49/h1-30H. The van der Waals surface area contributed by atoms with Gasteiger partial charge in [0.15, 0.2) is 0 Å². The summed E-state index contributed by atoms with van der Waals surface area (Å²) in [5.41, 5.74) is 9.12. The van der Waals surface area contributed by atoms with E-state index in [4.69, 9.17) is 0 Å². The normalized spacial score (nSPS) is 11.8.